The van der Waals surface area contributed by atoms with E-state index in [2.05, 4.69) is 20.1 Å². The quantitative estimate of drug-likeness (QED) is 0.652. The summed E-state index contributed by atoms with van der Waals surface area (Å²) in [6, 6.07) is 11.6. The summed E-state index contributed by atoms with van der Waals surface area (Å²) in [5.74, 6) is 1.76. The van der Waals surface area contributed by atoms with Crippen molar-refractivity contribution in [1.29, 1.82) is 0 Å². The van der Waals surface area contributed by atoms with Gasteiger partial charge in [-0.15, -0.1) is 0 Å². The zero-order chi connectivity index (χ0) is 24.1. The molecular formula is C26H38N6O2S. The summed E-state index contributed by atoms with van der Waals surface area (Å²) in [5, 5.41) is 3.60. The molecule has 0 radical (unpaired) electrons. The van der Waals surface area contributed by atoms with Crippen molar-refractivity contribution >= 4 is 21.8 Å². The summed E-state index contributed by atoms with van der Waals surface area (Å²) in [6.07, 6.45) is 10.9. The zero-order valence-corrected chi connectivity index (χ0v) is 21.4. The normalized spacial score (nSPS) is 23.7. The number of piperidine rings is 2. The van der Waals surface area contributed by atoms with E-state index in [1.54, 1.807) is 28.6 Å². The van der Waals surface area contributed by atoms with Gasteiger partial charge in [-0.05, 0) is 63.3 Å². The third-order valence-corrected chi connectivity index (χ3v) is 9.59. The Hall–Kier alpha value is -2.23. The van der Waals surface area contributed by atoms with Crippen molar-refractivity contribution in [3.8, 4) is 0 Å². The molecule has 0 amide bonds. The number of anilines is 2. The molecular weight excluding hydrogens is 460 g/mol. The first-order valence-corrected chi connectivity index (χ1v) is 14.7. The first-order chi connectivity index (χ1) is 17.1. The number of nitrogens with one attached hydrogen (secondary N) is 1. The number of hydrogen-bond acceptors (Lipinski definition) is 7. The van der Waals surface area contributed by atoms with Crippen LogP contribution in [0.2, 0.25) is 0 Å². The van der Waals surface area contributed by atoms with Gasteiger partial charge < -0.3 is 10.2 Å². The lowest BCUT2D eigenvalue weighted by Gasteiger charge is -2.42. The van der Waals surface area contributed by atoms with Gasteiger partial charge in [0.05, 0.1) is 4.90 Å². The molecule has 0 spiro atoms. The molecule has 0 bridgehead atoms. The largest absolute Gasteiger partial charge is 0.356 e. The van der Waals surface area contributed by atoms with Crippen LogP contribution < -0.4 is 10.2 Å². The van der Waals surface area contributed by atoms with Crippen molar-refractivity contribution in [2.45, 2.75) is 68.3 Å². The molecule has 9 heteroatoms. The Morgan fingerprint density at radius 3 is 2.31 bits per heavy atom. The number of likely N-dealkylation sites (tertiary alicyclic amines) is 1. The second kappa shape index (κ2) is 11.2. The lowest BCUT2D eigenvalue weighted by Crippen LogP contribution is -2.51. The predicted molar refractivity (Wildman–Crippen MR) is 139 cm³/mol. The Bertz CT molecular complexity index is 1050. The van der Waals surface area contributed by atoms with E-state index in [1.165, 1.54) is 25.7 Å². The molecule has 0 aliphatic carbocycles. The lowest BCUT2D eigenvalue weighted by atomic mass is 9.99. The summed E-state index contributed by atoms with van der Waals surface area (Å²) < 4.78 is 27.6. The molecule has 1 atom stereocenters. The predicted octanol–water partition coefficient (Wildman–Crippen LogP) is 3.59. The molecule has 3 aliphatic rings. The van der Waals surface area contributed by atoms with Crippen molar-refractivity contribution in [1.82, 2.24) is 19.2 Å². The van der Waals surface area contributed by atoms with Gasteiger partial charge in [0.1, 0.15) is 5.82 Å². The summed E-state index contributed by atoms with van der Waals surface area (Å²) in [5.41, 5.74) is 0. The molecule has 8 nitrogen and oxygen atoms in total. The Morgan fingerprint density at radius 2 is 1.57 bits per heavy atom. The minimum atomic E-state index is -3.40. The Kier molecular flexibility index (Phi) is 7.84. The SMILES string of the molecule is O=S(=O)(c1ccccc1)N1CCC(N2CCCC(Nc3nccc(N4CCCCCC4)n3)C2)CC1. The van der Waals surface area contributed by atoms with Gasteiger partial charge >= 0.3 is 0 Å². The van der Waals surface area contributed by atoms with Crippen LogP contribution in [0.5, 0.6) is 0 Å². The summed E-state index contributed by atoms with van der Waals surface area (Å²) >= 11 is 0. The Morgan fingerprint density at radius 1 is 0.829 bits per heavy atom. The first kappa shape index (κ1) is 24.5. The molecule has 5 rings (SSSR count). The van der Waals surface area contributed by atoms with Crippen LogP contribution in [0, 0.1) is 0 Å². The Balaban J connectivity index is 1.16. The fourth-order valence-corrected chi connectivity index (χ4v) is 7.21. The van der Waals surface area contributed by atoms with Crippen molar-refractivity contribution in [2.24, 2.45) is 0 Å². The fourth-order valence-electron chi connectivity index (χ4n) is 5.72. The third kappa shape index (κ3) is 5.95. The molecule has 35 heavy (non-hydrogen) atoms. The molecule has 1 aromatic heterocycles. The van der Waals surface area contributed by atoms with Gasteiger partial charge in [0.25, 0.3) is 0 Å². The van der Waals surface area contributed by atoms with Gasteiger partial charge in [-0.1, -0.05) is 31.0 Å². The van der Waals surface area contributed by atoms with Gasteiger partial charge in [0, 0.05) is 51.0 Å². The van der Waals surface area contributed by atoms with Gasteiger partial charge in [0.2, 0.25) is 16.0 Å². The van der Waals surface area contributed by atoms with Crippen LogP contribution in [0.15, 0.2) is 47.5 Å². The first-order valence-electron chi connectivity index (χ1n) is 13.2. The molecule has 2 aromatic rings. The van der Waals surface area contributed by atoms with Crippen LogP contribution in [0.3, 0.4) is 0 Å². The average molecular weight is 499 g/mol. The number of nitrogens with zero attached hydrogens (tertiary/aromatic N) is 5. The minimum absolute atomic E-state index is 0.314. The van der Waals surface area contributed by atoms with Crippen LogP contribution in [0.1, 0.15) is 51.4 Å². The zero-order valence-electron chi connectivity index (χ0n) is 20.6. The highest BCUT2D eigenvalue weighted by Gasteiger charge is 2.33. The maximum Gasteiger partial charge on any atom is 0.243 e. The summed E-state index contributed by atoms with van der Waals surface area (Å²) in [6.45, 7) is 5.34. The third-order valence-electron chi connectivity index (χ3n) is 7.68. The fraction of sp³-hybridized carbons (Fsp3) is 0.615. The number of benzene rings is 1. The highest BCUT2D eigenvalue weighted by molar-refractivity contribution is 7.89. The summed E-state index contributed by atoms with van der Waals surface area (Å²) in [7, 11) is -3.40. The van der Waals surface area contributed by atoms with Gasteiger partial charge in [-0.3, -0.25) is 4.90 Å². The van der Waals surface area contributed by atoms with Gasteiger partial charge in [-0.2, -0.15) is 9.29 Å². The van der Waals surface area contributed by atoms with Crippen molar-refractivity contribution in [2.75, 3.05) is 49.5 Å². The van der Waals surface area contributed by atoms with Crippen molar-refractivity contribution < 1.29 is 8.42 Å². The van der Waals surface area contributed by atoms with E-state index in [-0.39, 0.29) is 0 Å². The van der Waals surface area contributed by atoms with Gasteiger partial charge in [-0.25, -0.2) is 13.4 Å². The van der Waals surface area contributed by atoms with Gasteiger partial charge in [0.15, 0.2) is 0 Å². The van der Waals surface area contributed by atoms with E-state index >= 15 is 0 Å². The van der Waals surface area contributed by atoms with Crippen molar-refractivity contribution in [3.63, 3.8) is 0 Å². The second-order valence-corrected chi connectivity index (χ2v) is 12.0. The molecule has 190 valence electrons. The number of rotatable bonds is 6. The van der Waals surface area contributed by atoms with E-state index in [0.717, 1.165) is 63.6 Å². The van der Waals surface area contributed by atoms with E-state index in [1.807, 2.05) is 18.3 Å². The highest BCUT2D eigenvalue weighted by atomic mass is 32.2. The van der Waals surface area contributed by atoms with Crippen LogP contribution in [-0.2, 0) is 10.0 Å². The molecule has 3 aliphatic heterocycles. The molecule has 1 aromatic carbocycles. The van der Waals surface area contributed by atoms with E-state index < -0.39 is 10.0 Å². The number of hydrogen-bond donors (Lipinski definition) is 1. The summed E-state index contributed by atoms with van der Waals surface area (Å²) in [4.78, 5) is 14.7. The van der Waals surface area contributed by atoms with Crippen LogP contribution >= 0.6 is 0 Å². The van der Waals surface area contributed by atoms with E-state index in [9.17, 15) is 8.42 Å². The van der Waals surface area contributed by atoms with Crippen LogP contribution in [-0.4, -0.2) is 78.9 Å². The maximum absolute atomic E-state index is 13.0. The van der Waals surface area contributed by atoms with Crippen LogP contribution in [0.25, 0.3) is 0 Å². The maximum atomic E-state index is 13.0. The molecule has 0 saturated carbocycles. The second-order valence-electron chi connectivity index (χ2n) is 10.1. The molecule has 3 fully saturated rings. The molecule has 4 heterocycles. The Labute approximate surface area is 209 Å². The topological polar surface area (TPSA) is 81.7 Å². The number of aromatic nitrogens is 2. The standard InChI is InChI=1S/C26H38N6O2S/c33-35(34,24-10-4-3-5-11-24)32-19-13-23(14-20-32)31-18-8-9-22(21-31)28-26-27-15-12-25(29-26)30-16-6-1-2-7-17-30/h3-5,10-12,15,22-23H,1-2,6-9,13-14,16-21H2,(H,27,28,29). The smallest absolute Gasteiger partial charge is 0.243 e. The van der Waals surface area contributed by atoms with Crippen LogP contribution in [0.4, 0.5) is 11.8 Å². The van der Waals surface area contributed by atoms with E-state index in [0.29, 0.717) is 30.1 Å². The van der Waals surface area contributed by atoms with Crippen molar-refractivity contribution in [3.05, 3.63) is 42.6 Å². The minimum Gasteiger partial charge on any atom is -0.356 e. The lowest BCUT2D eigenvalue weighted by molar-refractivity contribution is 0.112. The molecule has 1 unspecified atom stereocenters. The monoisotopic (exact) mass is 498 g/mol. The molecule has 1 N–H and O–H groups in total. The van der Waals surface area contributed by atoms with E-state index in [4.69, 9.17) is 4.98 Å². The average Bonchev–Trinajstić information content (AvgIpc) is 3.20. The number of sulfonamides is 1. The highest BCUT2D eigenvalue weighted by Crippen LogP contribution is 2.26. The molecule has 3 saturated heterocycles.